The lowest BCUT2D eigenvalue weighted by Gasteiger charge is -2.22. The Hall–Kier alpha value is -0.580. The Morgan fingerprint density at radius 1 is 1.38 bits per heavy atom. The first-order valence-corrected chi connectivity index (χ1v) is 9.57. The second-order valence-corrected chi connectivity index (χ2v) is 7.18. The summed E-state index contributed by atoms with van der Waals surface area (Å²) in [7, 11) is 5.66. The summed E-state index contributed by atoms with van der Waals surface area (Å²) in [5.74, 6) is 0.874. The lowest BCUT2D eigenvalue weighted by molar-refractivity contribution is 0.162. The van der Waals surface area contributed by atoms with Crippen LogP contribution in [0.5, 0.6) is 0 Å². The van der Waals surface area contributed by atoms with Gasteiger partial charge in [-0.2, -0.15) is 0 Å². The summed E-state index contributed by atoms with van der Waals surface area (Å²) in [5, 5.41) is 6.94. The van der Waals surface area contributed by atoms with Gasteiger partial charge in [-0.05, 0) is 41.5 Å². The number of nitrogens with zero attached hydrogens (tertiary/aromatic N) is 3. The van der Waals surface area contributed by atoms with Gasteiger partial charge in [0.25, 0.3) is 0 Å². The minimum Gasteiger partial charge on any atom is -0.383 e. The third-order valence-corrected chi connectivity index (χ3v) is 5.08. The van der Waals surface area contributed by atoms with Crippen LogP contribution in [0.1, 0.15) is 6.42 Å². The number of aliphatic imine (C=N–C) groups is 1. The van der Waals surface area contributed by atoms with Gasteiger partial charge in [-0.3, -0.25) is 4.99 Å². The molecule has 0 aromatic heterocycles. The third-order valence-electron chi connectivity index (χ3n) is 4.41. The molecule has 1 heterocycles. The Morgan fingerprint density at radius 2 is 2.15 bits per heavy atom. The number of rotatable bonds is 8. The number of para-hydroxylation sites is 1. The monoisotopic (exact) mass is 539 g/mol. The van der Waals surface area contributed by atoms with E-state index in [4.69, 9.17) is 4.74 Å². The van der Waals surface area contributed by atoms with Crippen LogP contribution < -0.4 is 15.5 Å². The van der Waals surface area contributed by atoms with Gasteiger partial charge in [0.1, 0.15) is 0 Å². The molecule has 2 N–H and O–H groups in total. The van der Waals surface area contributed by atoms with E-state index in [1.807, 2.05) is 7.05 Å². The maximum absolute atomic E-state index is 5.10. The van der Waals surface area contributed by atoms with E-state index < -0.39 is 0 Å². The number of halogens is 2. The Kier molecular flexibility index (Phi) is 11.5. The number of nitrogens with one attached hydrogen (secondary N) is 2. The predicted molar refractivity (Wildman–Crippen MR) is 124 cm³/mol. The van der Waals surface area contributed by atoms with E-state index in [0.717, 1.165) is 56.2 Å². The molecule has 0 bridgehead atoms. The maximum Gasteiger partial charge on any atom is 0.191 e. The highest BCUT2D eigenvalue weighted by molar-refractivity contribution is 14.0. The van der Waals surface area contributed by atoms with Crippen LogP contribution >= 0.6 is 39.9 Å². The Labute approximate surface area is 182 Å². The molecule has 0 aliphatic carbocycles. The molecule has 1 aromatic carbocycles. The number of likely N-dealkylation sites (N-methyl/N-ethyl adjacent to an activating group) is 1. The number of ether oxygens (including phenoxy) is 1. The quantitative estimate of drug-likeness (QED) is 0.302. The van der Waals surface area contributed by atoms with Gasteiger partial charge in [-0.1, -0.05) is 12.1 Å². The van der Waals surface area contributed by atoms with Gasteiger partial charge < -0.3 is 25.2 Å². The minimum absolute atomic E-state index is 0. The van der Waals surface area contributed by atoms with Crippen LogP contribution in [0.4, 0.5) is 5.69 Å². The van der Waals surface area contributed by atoms with E-state index >= 15 is 0 Å². The molecule has 1 fully saturated rings. The standard InChI is InChI=1S/C18H30BrN5O.HI/c1-20-18(21-9-11-23(2)12-13-25-3)22-15-8-10-24(14-15)17-7-5-4-6-16(17)19;/h4-7,15H,8-14H2,1-3H3,(H2,20,21,22);1H. The molecular formula is C18H31BrIN5O. The van der Waals surface area contributed by atoms with Crippen molar-refractivity contribution in [3.63, 3.8) is 0 Å². The fraction of sp³-hybridized carbons (Fsp3) is 0.611. The molecule has 0 radical (unpaired) electrons. The van der Waals surface area contributed by atoms with Crippen LogP contribution in [0.15, 0.2) is 33.7 Å². The molecule has 0 saturated carbocycles. The van der Waals surface area contributed by atoms with Gasteiger partial charge in [0.15, 0.2) is 5.96 Å². The van der Waals surface area contributed by atoms with Crippen molar-refractivity contribution >= 4 is 51.6 Å². The molecule has 1 aromatic rings. The number of hydrogen-bond acceptors (Lipinski definition) is 4. The second-order valence-electron chi connectivity index (χ2n) is 6.32. The molecule has 1 atom stereocenters. The van der Waals surface area contributed by atoms with Crippen LogP contribution in [0.2, 0.25) is 0 Å². The van der Waals surface area contributed by atoms with Crippen molar-refractivity contribution in [1.29, 1.82) is 0 Å². The third kappa shape index (κ3) is 7.58. The first-order chi connectivity index (χ1) is 12.1. The highest BCUT2D eigenvalue weighted by Crippen LogP contribution is 2.28. The summed E-state index contributed by atoms with van der Waals surface area (Å²) in [6.07, 6.45) is 1.11. The zero-order valence-corrected chi connectivity index (χ0v) is 19.8. The van der Waals surface area contributed by atoms with Crippen molar-refractivity contribution in [2.45, 2.75) is 12.5 Å². The first kappa shape index (κ1) is 23.5. The van der Waals surface area contributed by atoms with Crippen molar-refractivity contribution in [2.75, 3.05) is 65.4 Å². The van der Waals surface area contributed by atoms with Gasteiger partial charge in [-0.25, -0.2) is 0 Å². The average Bonchev–Trinajstić information content (AvgIpc) is 3.07. The van der Waals surface area contributed by atoms with Gasteiger partial charge >= 0.3 is 0 Å². The number of hydrogen-bond donors (Lipinski definition) is 2. The fourth-order valence-electron chi connectivity index (χ4n) is 2.92. The summed E-state index contributed by atoms with van der Waals surface area (Å²) < 4.78 is 6.25. The van der Waals surface area contributed by atoms with Gasteiger partial charge in [0.2, 0.25) is 0 Å². The van der Waals surface area contributed by atoms with Gasteiger partial charge in [0.05, 0.1) is 12.3 Å². The molecule has 26 heavy (non-hydrogen) atoms. The summed E-state index contributed by atoms with van der Waals surface area (Å²) in [6.45, 7) is 5.55. The Morgan fingerprint density at radius 3 is 2.85 bits per heavy atom. The van der Waals surface area contributed by atoms with E-state index in [0.29, 0.717) is 6.04 Å². The summed E-state index contributed by atoms with van der Waals surface area (Å²) in [6, 6.07) is 8.80. The van der Waals surface area contributed by atoms with E-state index in [2.05, 4.69) is 72.7 Å². The van der Waals surface area contributed by atoms with Crippen LogP contribution in [-0.2, 0) is 4.74 Å². The molecule has 0 amide bonds. The van der Waals surface area contributed by atoms with Gasteiger partial charge in [0, 0.05) is 57.4 Å². The van der Waals surface area contributed by atoms with Crippen LogP contribution in [0.3, 0.4) is 0 Å². The van der Waals surface area contributed by atoms with E-state index in [1.165, 1.54) is 5.69 Å². The fourth-order valence-corrected chi connectivity index (χ4v) is 3.45. The number of methoxy groups -OCH3 is 1. The second kappa shape index (κ2) is 12.7. The summed E-state index contributed by atoms with van der Waals surface area (Å²) in [4.78, 5) is 9.00. The molecule has 1 saturated heterocycles. The smallest absolute Gasteiger partial charge is 0.191 e. The van der Waals surface area contributed by atoms with E-state index in [-0.39, 0.29) is 24.0 Å². The summed E-state index contributed by atoms with van der Waals surface area (Å²) >= 11 is 3.64. The maximum atomic E-state index is 5.10. The minimum atomic E-state index is 0. The zero-order valence-electron chi connectivity index (χ0n) is 15.9. The number of guanidine groups is 1. The molecule has 0 spiro atoms. The molecular weight excluding hydrogens is 509 g/mol. The number of benzene rings is 1. The van der Waals surface area contributed by atoms with Crippen LogP contribution in [-0.4, -0.2) is 77.4 Å². The lowest BCUT2D eigenvalue weighted by atomic mass is 10.3. The SMILES string of the molecule is CN=C(NCCN(C)CCOC)NC1CCN(c2ccccc2Br)C1.I. The van der Waals surface area contributed by atoms with Crippen molar-refractivity contribution in [2.24, 2.45) is 4.99 Å². The number of anilines is 1. The predicted octanol–water partition coefficient (Wildman–Crippen LogP) is 2.39. The lowest BCUT2D eigenvalue weighted by Crippen LogP contribution is -2.46. The molecule has 1 unspecified atom stereocenters. The normalized spacial score (nSPS) is 17.3. The highest BCUT2D eigenvalue weighted by Gasteiger charge is 2.24. The molecule has 2 rings (SSSR count). The topological polar surface area (TPSA) is 52.1 Å². The van der Waals surface area contributed by atoms with Crippen molar-refractivity contribution in [3.05, 3.63) is 28.7 Å². The Balaban J connectivity index is 0.00000338. The first-order valence-electron chi connectivity index (χ1n) is 8.78. The van der Waals surface area contributed by atoms with Gasteiger partial charge in [-0.15, -0.1) is 24.0 Å². The summed E-state index contributed by atoms with van der Waals surface area (Å²) in [5.41, 5.74) is 1.26. The van der Waals surface area contributed by atoms with E-state index in [1.54, 1.807) is 7.11 Å². The van der Waals surface area contributed by atoms with Crippen LogP contribution in [0.25, 0.3) is 0 Å². The van der Waals surface area contributed by atoms with Crippen molar-refractivity contribution < 1.29 is 4.74 Å². The molecule has 148 valence electrons. The molecule has 1 aliphatic rings. The largest absolute Gasteiger partial charge is 0.383 e. The highest BCUT2D eigenvalue weighted by atomic mass is 127. The molecule has 1 aliphatic heterocycles. The average molecular weight is 540 g/mol. The molecule has 6 nitrogen and oxygen atoms in total. The van der Waals surface area contributed by atoms with E-state index in [9.17, 15) is 0 Å². The molecule has 8 heteroatoms. The van der Waals surface area contributed by atoms with Crippen molar-refractivity contribution in [1.82, 2.24) is 15.5 Å². The van der Waals surface area contributed by atoms with Crippen LogP contribution in [0, 0.1) is 0 Å². The van der Waals surface area contributed by atoms with Crippen molar-refractivity contribution in [3.8, 4) is 0 Å². The Bertz CT molecular complexity index is 560. The zero-order chi connectivity index (χ0) is 18.1.